The molecule has 0 bridgehead atoms. The van der Waals surface area contributed by atoms with Crippen molar-refractivity contribution >= 4 is 23.3 Å². The number of methoxy groups -OCH3 is 1. The van der Waals surface area contributed by atoms with Gasteiger partial charge in [-0.1, -0.05) is 0 Å². The first kappa shape index (κ1) is 9.66. The first-order valence-electron chi connectivity index (χ1n) is 3.45. The molecule has 1 aromatic rings. The van der Waals surface area contributed by atoms with E-state index in [9.17, 15) is 9.59 Å². The van der Waals surface area contributed by atoms with Crippen LogP contribution < -0.4 is 5.32 Å². The average Bonchev–Trinajstić information content (AvgIpc) is 2.51. The summed E-state index contributed by atoms with van der Waals surface area (Å²) in [6.45, 7) is 1.78. The molecule has 5 nitrogen and oxygen atoms in total. The van der Waals surface area contributed by atoms with Crippen molar-refractivity contribution in [3.05, 3.63) is 16.1 Å². The zero-order valence-corrected chi connectivity index (χ0v) is 7.97. The highest BCUT2D eigenvalue weighted by Crippen LogP contribution is 2.10. The summed E-state index contributed by atoms with van der Waals surface area (Å²) in [4.78, 5) is 26.1. The second kappa shape index (κ2) is 3.99. The number of rotatable bonds is 1. The molecule has 6 heteroatoms. The van der Waals surface area contributed by atoms with Crippen LogP contribution in [0.25, 0.3) is 0 Å². The number of aryl methyl sites for hydroxylation is 1. The van der Waals surface area contributed by atoms with Crippen LogP contribution >= 0.6 is 11.3 Å². The summed E-state index contributed by atoms with van der Waals surface area (Å²) < 4.78 is 4.26. The minimum absolute atomic E-state index is 0.392. The molecule has 0 spiro atoms. The lowest BCUT2D eigenvalue weighted by molar-refractivity contribution is 0.0940. The van der Waals surface area contributed by atoms with E-state index in [1.807, 2.05) is 5.32 Å². The van der Waals surface area contributed by atoms with Crippen molar-refractivity contribution in [2.45, 2.75) is 6.92 Å². The Kier molecular flexibility index (Phi) is 2.97. The molecule has 0 unspecified atom stereocenters. The Morgan fingerprint density at radius 3 is 2.77 bits per heavy atom. The van der Waals surface area contributed by atoms with E-state index in [1.54, 1.807) is 6.92 Å². The predicted octanol–water partition coefficient (Wildman–Crippen LogP) is 0.948. The van der Waals surface area contributed by atoms with Crippen LogP contribution in [0.4, 0.5) is 4.79 Å². The highest BCUT2D eigenvalue weighted by Gasteiger charge is 2.12. The minimum Gasteiger partial charge on any atom is -0.453 e. The number of carbonyl (C=O) groups excluding carboxylic acids is 2. The standard InChI is InChI=1S/C7H8N2O3S/c1-4-8-3-5(13-4)6(10)9-7(11)12-2/h3H,1-2H3,(H,9,10,11). The number of aromatic nitrogens is 1. The molecule has 1 N–H and O–H groups in total. The fraction of sp³-hybridized carbons (Fsp3) is 0.286. The molecular formula is C7H8N2O3S. The first-order chi connectivity index (χ1) is 6.13. The topological polar surface area (TPSA) is 68.3 Å². The van der Waals surface area contributed by atoms with Gasteiger partial charge in [0.1, 0.15) is 4.88 Å². The summed E-state index contributed by atoms with van der Waals surface area (Å²) in [5.41, 5.74) is 0. The number of ether oxygens (including phenoxy) is 1. The van der Waals surface area contributed by atoms with Crippen molar-refractivity contribution in [1.82, 2.24) is 10.3 Å². The Hall–Kier alpha value is -1.43. The number of alkyl carbamates (subject to hydrolysis) is 1. The van der Waals surface area contributed by atoms with E-state index in [4.69, 9.17) is 0 Å². The van der Waals surface area contributed by atoms with Gasteiger partial charge in [-0.2, -0.15) is 0 Å². The maximum atomic E-state index is 11.2. The normalized spacial score (nSPS) is 9.38. The van der Waals surface area contributed by atoms with Gasteiger partial charge in [0, 0.05) is 0 Å². The minimum atomic E-state index is -0.768. The van der Waals surface area contributed by atoms with Gasteiger partial charge in [-0.25, -0.2) is 9.78 Å². The van der Waals surface area contributed by atoms with Crippen molar-refractivity contribution in [1.29, 1.82) is 0 Å². The summed E-state index contributed by atoms with van der Waals surface area (Å²) in [6, 6.07) is 0. The Morgan fingerprint density at radius 1 is 1.62 bits per heavy atom. The zero-order chi connectivity index (χ0) is 9.84. The van der Waals surface area contributed by atoms with E-state index in [0.29, 0.717) is 4.88 Å². The Morgan fingerprint density at radius 2 is 2.31 bits per heavy atom. The smallest absolute Gasteiger partial charge is 0.413 e. The summed E-state index contributed by atoms with van der Waals surface area (Å²) in [5.74, 6) is -0.488. The quantitative estimate of drug-likeness (QED) is 0.732. The zero-order valence-electron chi connectivity index (χ0n) is 7.16. The first-order valence-corrected chi connectivity index (χ1v) is 4.27. The van der Waals surface area contributed by atoms with Crippen LogP contribution in [-0.2, 0) is 4.74 Å². The third kappa shape index (κ3) is 2.51. The van der Waals surface area contributed by atoms with Crippen LogP contribution in [-0.4, -0.2) is 24.1 Å². The maximum Gasteiger partial charge on any atom is 0.413 e. The SMILES string of the molecule is COC(=O)NC(=O)c1cnc(C)s1. The van der Waals surface area contributed by atoms with E-state index in [-0.39, 0.29) is 0 Å². The van der Waals surface area contributed by atoms with Crippen molar-refractivity contribution in [3.63, 3.8) is 0 Å². The molecule has 0 aliphatic carbocycles. The van der Waals surface area contributed by atoms with Gasteiger partial charge in [0.05, 0.1) is 18.3 Å². The highest BCUT2D eigenvalue weighted by molar-refractivity contribution is 7.13. The highest BCUT2D eigenvalue weighted by atomic mass is 32.1. The molecule has 70 valence electrons. The number of hydrogen-bond donors (Lipinski definition) is 1. The van der Waals surface area contributed by atoms with Crippen molar-refractivity contribution in [3.8, 4) is 0 Å². The molecule has 0 atom stereocenters. The van der Waals surface area contributed by atoms with E-state index in [2.05, 4.69) is 9.72 Å². The average molecular weight is 200 g/mol. The number of nitrogens with one attached hydrogen (secondary N) is 1. The third-order valence-corrected chi connectivity index (χ3v) is 2.16. The van der Waals surface area contributed by atoms with Crippen LogP contribution in [0.2, 0.25) is 0 Å². The van der Waals surface area contributed by atoms with Crippen LogP contribution in [0, 0.1) is 6.92 Å². The largest absolute Gasteiger partial charge is 0.453 e. The van der Waals surface area contributed by atoms with E-state index in [0.717, 1.165) is 5.01 Å². The second-order valence-corrected chi connectivity index (χ2v) is 3.42. The molecule has 0 aromatic carbocycles. The lowest BCUT2D eigenvalue weighted by atomic mass is 10.5. The number of carbonyl (C=O) groups is 2. The molecule has 2 amide bonds. The number of nitrogens with zero attached hydrogens (tertiary/aromatic N) is 1. The van der Waals surface area contributed by atoms with Gasteiger partial charge in [0.15, 0.2) is 0 Å². The second-order valence-electron chi connectivity index (χ2n) is 2.19. The summed E-state index contributed by atoms with van der Waals surface area (Å²) in [7, 11) is 1.19. The predicted molar refractivity (Wildman–Crippen MR) is 46.7 cm³/mol. The fourth-order valence-electron chi connectivity index (χ4n) is 0.672. The van der Waals surface area contributed by atoms with Crippen molar-refractivity contribution < 1.29 is 14.3 Å². The van der Waals surface area contributed by atoms with E-state index < -0.39 is 12.0 Å². The van der Waals surface area contributed by atoms with Gasteiger partial charge in [0.25, 0.3) is 5.91 Å². The monoisotopic (exact) mass is 200 g/mol. The molecule has 0 fully saturated rings. The number of amides is 2. The van der Waals surface area contributed by atoms with E-state index in [1.165, 1.54) is 24.6 Å². The molecular weight excluding hydrogens is 192 g/mol. The Balaban J connectivity index is 2.64. The van der Waals surface area contributed by atoms with Crippen LogP contribution in [0.15, 0.2) is 6.20 Å². The number of thiazole rings is 1. The molecule has 0 aliphatic rings. The van der Waals surface area contributed by atoms with Gasteiger partial charge >= 0.3 is 6.09 Å². The Labute approximate surface area is 78.7 Å². The molecule has 13 heavy (non-hydrogen) atoms. The fourth-order valence-corrected chi connectivity index (χ4v) is 1.34. The summed E-state index contributed by atoms with van der Waals surface area (Å²) in [6.07, 6.45) is 0.647. The van der Waals surface area contributed by atoms with Gasteiger partial charge in [-0.05, 0) is 6.92 Å². The van der Waals surface area contributed by atoms with Gasteiger partial charge in [-0.15, -0.1) is 11.3 Å². The summed E-state index contributed by atoms with van der Waals surface area (Å²) >= 11 is 1.22. The van der Waals surface area contributed by atoms with Crippen molar-refractivity contribution in [2.75, 3.05) is 7.11 Å². The van der Waals surface area contributed by atoms with E-state index >= 15 is 0 Å². The Bertz CT molecular complexity index is 334. The van der Waals surface area contributed by atoms with Crippen LogP contribution in [0.1, 0.15) is 14.7 Å². The molecule has 0 radical (unpaired) electrons. The third-order valence-electron chi connectivity index (χ3n) is 1.25. The molecule has 0 aliphatic heterocycles. The number of hydrogen-bond acceptors (Lipinski definition) is 5. The van der Waals surface area contributed by atoms with Gasteiger partial charge in [0.2, 0.25) is 0 Å². The van der Waals surface area contributed by atoms with Crippen LogP contribution in [0.5, 0.6) is 0 Å². The van der Waals surface area contributed by atoms with Crippen molar-refractivity contribution in [2.24, 2.45) is 0 Å². The maximum absolute atomic E-state index is 11.2. The lowest BCUT2D eigenvalue weighted by Gasteiger charge is -1.98. The van der Waals surface area contributed by atoms with Crippen LogP contribution in [0.3, 0.4) is 0 Å². The molecule has 1 aromatic heterocycles. The summed E-state index contributed by atoms with van der Waals surface area (Å²) in [5, 5.41) is 2.80. The number of imide groups is 1. The molecule has 1 heterocycles. The molecule has 0 saturated carbocycles. The molecule has 1 rings (SSSR count). The molecule has 0 saturated heterocycles. The van der Waals surface area contributed by atoms with Gasteiger partial charge in [-0.3, -0.25) is 10.1 Å². The van der Waals surface area contributed by atoms with Gasteiger partial charge < -0.3 is 4.74 Å². The lowest BCUT2D eigenvalue weighted by Crippen LogP contribution is -2.29.